The van der Waals surface area contributed by atoms with Gasteiger partial charge in [0.15, 0.2) is 0 Å². The Morgan fingerprint density at radius 1 is 1.14 bits per heavy atom. The van der Waals surface area contributed by atoms with E-state index >= 15 is 0 Å². The number of carboxylic acids is 2. The van der Waals surface area contributed by atoms with Crippen LogP contribution in [0.4, 0.5) is 0 Å². The van der Waals surface area contributed by atoms with Crippen molar-refractivity contribution in [2.75, 3.05) is 0 Å². The maximum absolute atomic E-state index is 11.0. The lowest BCUT2D eigenvalue weighted by atomic mass is 9.78. The van der Waals surface area contributed by atoms with Gasteiger partial charge in [0.25, 0.3) is 0 Å². The molecule has 0 fully saturated rings. The molecule has 0 atom stereocenters. The van der Waals surface area contributed by atoms with Crippen LogP contribution in [0.5, 0.6) is 0 Å². The normalized spacial score (nSPS) is 11.3. The Morgan fingerprint density at radius 3 is 1.93 bits per heavy atom. The summed E-state index contributed by atoms with van der Waals surface area (Å²) in [5.74, 6) is -1.68. The summed E-state index contributed by atoms with van der Waals surface area (Å²) in [7, 11) is 0. The average molecular weight is 202 g/mol. The molecule has 14 heavy (non-hydrogen) atoms. The standard InChI is InChI=1S/C10H18O4/c1-3-10(4-2,9(13)14)7-5-6-8(11)12/h3-7H2,1-2H3,(H,11,12)(H,13,14). The van der Waals surface area contributed by atoms with Gasteiger partial charge in [0.2, 0.25) is 0 Å². The molecular weight excluding hydrogens is 184 g/mol. The molecule has 0 unspecified atom stereocenters. The molecule has 0 aromatic carbocycles. The molecule has 0 spiro atoms. The summed E-state index contributed by atoms with van der Waals surface area (Å²) in [6.45, 7) is 3.66. The Kier molecular flexibility index (Phi) is 5.20. The number of rotatable bonds is 7. The van der Waals surface area contributed by atoms with Crippen molar-refractivity contribution < 1.29 is 19.8 Å². The third kappa shape index (κ3) is 3.36. The molecule has 4 nitrogen and oxygen atoms in total. The number of carboxylic acid groups (broad SMARTS) is 2. The Bertz CT molecular complexity index is 206. The van der Waals surface area contributed by atoms with E-state index in [1.807, 2.05) is 13.8 Å². The maximum atomic E-state index is 11.0. The van der Waals surface area contributed by atoms with Crippen molar-refractivity contribution in [1.82, 2.24) is 0 Å². The predicted octanol–water partition coefficient (Wildman–Crippen LogP) is 2.13. The number of aliphatic carboxylic acids is 2. The quantitative estimate of drug-likeness (QED) is 0.663. The van der Waals surface area contributed by atoms with Gasteiger partial charge in [-0.15, -0.1) is 0 Å². The van der Waals surface area contributed by atoms with Crippen LogP contribution in [0.25, 0.3) is 0 Å². The van der Waals surface area contributed by atoms with Crippen LogP contribution in [0.2, 0.25) is 0 Å². The second-order valence-corrected chi connectivity index (χ2v) is 3.54. The first kappa shape index (κ1) is 12.9. The number of hydrogen-bond acceptors (Lipinski definition) is 2. The van der Waals surface area contributed by atoms with Crippen LogP contribution < -0.4 is 0 Å². The summed E-state index contributed by atoms with van der Waals surface area (Å²) >= 11 is 0. The van der Waals surface area contributed by atoms with Crippen LogP contribution in [-0.2, 0) is 9.59 Å². The van der Waals surface area contributed by atoms with Gasteiger partial charge >= 0.3 is 11.9 Å². The van der Waals surface area contributed by atoms with E-state index in [2.05, 4.69) is 0 Å². The molecule has 0 aliphatic heterocycles. The van der Waals surface area contributed by atoms with E-state index in [4.69, 9.17) is 10.2 Å². The van der Waals surface area contributed by atoms with Gasteiger partial charge in [-0.3, -0.25) is 9.59 Å². The van der Waals surface area contributed by atoms with Gasteiger partial charge in [-0.1, -0.05) is 13.8 Å². The average Bonchev–Trinajstić information content (AvgIpc) is 2.12. The minimum atomic E-state index is -0.864. The molecule has 0 radical (unpaired) electrons. The van der Waals surface area contributed by atoms with E-state index < -0.39 is 17.4 Å². The van der Waals surface area contributed by atoms with Crippen LogP contribution >= 0.6 is 0 Å². The summed E-state index contributed by atoms with van der Waals surface area (Å²) in [6, 6.07) is 0. The zero-order chi connectivity index (χ0) is 11.2. The highest BCUT2D eigenvalue weighted by Gasteiger charge is 2.34. The first-order valence-corrected chi connectivity index (χ1v) is 4.93. The fraction of sp³-hybridized carbons (Fsp3) is 0.800. The number of carbonyl (C=O) groups is 2. The third-order valence-corrected chi connectivity index (χ3v) is 2.85. The smallest absolute Gasteiger partial charge is 0.309 e. The van der Waals surface area contributed by atoms with Crippen molar-refractivity contribution in [2.24, 2.45) is 5.41 Å². The van der Waals surface area contributed by atoms with Gasteiger partial charge in [0.05, 0.1) is 5.41 Å². The lowest BCUT2D eigenvalue weighted by Crippen LogP contribution is -2.29. The molecule has 82 valence electrons. The van der Waals surface area contributed by atoms with Gasteiger partial charge in [-0.05, 0) is 25.7 Å². The fourth-order valence-corrected chi connectivity index (χ4v) is 1.59. The molecule has 2 N–H and O–H groups in total. The molecule has 0 aliphatic rings. The van der Waals surface area contributed by atoms with E-state index in [0.29, 0.717) is 25.7 Å². The van der Waals surface area contributed by atoms with Gasteiger partial charge in [0.1, 0.15) is 0 Å². The highest BCUT2D eigenvalue weighted by atomic mass is 16.4. The molecule has 4 heteroatoms. The monoisotopic (exact) mass is 202 g/mol. The fourth-order valence-electron chi connectivity index (χ4n) is 1.59. The van der Waals surface area contributed by atoms with Crippen LogP contribution in [0.3, 0.4) is 0 Å². The topological polar surface area (TPSA) is 74.6 Å². The van der Waals surface area contributed by atoms with Gasteiger partial charge in [0, 0.05) is 6.42 Å². The van der Waals surface area contributed by atoms with Crippen molar-refractivity contribution in [3.63, 3.8) is 0 Å². The van der Waals surface area contributed by atoms with Gasteiger partial charge in [-0.2, -0.15) is 0 Å². The second kappa shape index (κ2) is 5.62. The van der Waals surface area contributed by atoms with Crippen molar-refractivity contribution in [1.29, 1.82) is 0 Å². The first-order chi connectivity index (χ1) is 6.48. The summed E-state index contributed by atoms with van der Waals surface area (Å²) in [5, 5.41) is 17.5. The van der Waals surface area contributed by atoms with Crippen molar-refractivity contribution >= 4 is 11.9 Å². The minimum Gasteiger partial charge on any atom is -0.481 e. The largest absolute Gasteiger partial charge is 0.481 e. The van der Waals surface area contributed by atoms with E-state index in [0.717, 1.165) is 0 Å². The minimum absolute atomic E-state index is 0.0506. The Balaban J connectivity index is 4.22. The van der Waals surface area contributed by atoms with Gasteiger partial charge < -0.3 is 10.2 Å². The van der Waals surface area contributed by atoms with Crippen molar-refractivity contribution in [3.05, 3.63) is 0 Å². The van der Waals surface area contributed by atoms with E-state index in [-0.39, 0.29) is 6.42 Å². The predicted molar refractivity (Wildman–Crippen MR) is 52.1 cm³/mol. The zero-order valence-electron chi connectivity index (χ0n) is 8.75. The SMILES string of the molecule is CCC(CC)(CCCC(=O)O)C(=O)O. The van der Waals surface area contributed by atoms with Crippen molar-refractivity contribution in [2.45, 2.75) is 46.0 Å². The molecule has 0 saturated carbocycles. The first-order valence-electron chi connectivity index (χ1n) is 4.93. The number of hydrogen-bond donors (Lipinski definition) is 2. The van der Waals surface area contributed by atoms with Crippen LogP contribution in [-0.4, -0.2) is 22.2 Å². The van der Waals surface area contributed by atoms with Gasteiger partial charge in [-0.25, -0.2) is 0 Å². The maximum Gasteiger partial charge on any atom is 0.309 e. The molecular formula is C10H18O4. The summed E-state index contributed by atoms with van der Waals surface area (Å²) in [4.78, 5) is 21.3. The van der Waals surface area contributed by atoms with Crippen molar-refractivity contribution in [3.8, 4) is 0 Å². The van der Waals surface area contributed by atoms with E-state index in [1.165, 1.54) is 0 Å². The van der Waals surface area contributed by atoms with Crippen LogP contribution in [0.1, 0.15) is 46.0 Å². The van der Waals surface area contributed by atoms with E-state index in [9.17, 15) is 9.59 Å². The molecule has 0 aromatic heterocycles. The van der Waals surface area contributed by atoms with E-state index in [1.54, 1.807) is 0 Å². The molecule has 0 saturated heterocycles. The zero-order valence-corrected chi connectivity index (χ0v) is 8.75. The molecule has 0 heterocycles. The summed E-state index contributed by atoms with van der Waals surface area (Å²) in [6.07, 6.45) is 2.04. The lowest BCUT2D eigenvalue weighted by molar-refractivity contribution is -0.150. The molecule has 0 rings (SSSR count). The van der Waals surface area contributed by atoms with Crippen LogP contribution in [0.15, 0.2) is 0 Å². The Morgan fingerprint density at radius 2 is 1.64 bits per heavy atom. The Hall–Kier alpha value is -1.06. The van der Waals surface area contributed by atoms with Crippen LogP contribution in [0, 0.1) is 5.41 Å². The highest BCUT2D eigenvalue weighted by molar-refractivity contribution is 5.74. The Labute approximate surface area is 83.9 Å². The molecule has 0 aliphatic carbocycles. The molecule has 0 bridgehead atoms. The summed E-state index contributed by atoms with van der Waals surface area (Å²) in [5.41, 5.74) is -0.727. The highest BCUT2D eigenvalue weighted by Crippen LogP contribution is 2.32. The molecule has 0 aromatic rings. The summed E-state index contributed by atoms with van der Waals surface area (Å²) < 4.78 is 0. The third-order valence-electron chi connectivity index (χ3n) is 2.85. The molecule has 0 amide bonds. The lowest BCUT2D eigenvalue weighted by Gasteiger charge is -2.26. The second-order valence-electron chi connectivity index (χ2n) is 3.54.